The van der Waals surface area contributed by atoms with Crippen molar-refractivity contribution in [2.24, 2.45) is 23.0 Å². The summed E-state index contributed by atoms with van der Waals surface area (Å²) in [6, 6.07) is 5.90. The molecule has 1 spiro atoms. The average molecular weight is 783 g/mol. The normalized spacial score (nSPS) is 31.2. The van der Waals surface area contributed by atoms with Gasteiger partial charge in [0.25, 0.3) is 0 Å². The van der Waals surface area contributed by atoms with Gasteiger partial charge in [-0.3, -0.25) is 9.59 Å². The van der Waals surface area contributed by atoms with Gasteiger partial charge in [-0.15, -0.1) is 0 Å². The van der Waals surface area contributed by atoms with E-state index in [4.69, 9.17) is 10.5 Å². The Hall–Kier alpha value is -3.66. The maximum atomic E-state index is 14.2. The van der Waals surface area contributed by atoms with Gasteiger partial charge in [-0.25, -0.2) is 0 Å². The Labute approximate surface area is 340 Å². The fourth-order valence-corrected chi connectivity index (χ4v) is 9.93. The Kier molecular flexibility index (Phi) is 15.5. The zero-order valence-electron chi connectivity index (χ0n) is 34.8. The molecule has 8 atom stereocenters. The minimum absolute atomic E-state index is 0.0243. The predicted molar refractivity (Wildman–Crippen MR) is 226 cm³/mol. The van der Waals surface area contributed by atoms with E-state index in [1.807, 2.05) is 57.3 Å². The minimum atomic E-state index is -1.24. The van der Waals surface area contributed by atoms with Gasteiger partial charge in [0.15, 0.2) is 5.78 Å². The smallest absolute Gasteiger partial charge is 0.225 e. The first kappa shape index (κ1) is 44.4. The molecule has 2 saturated carbocycles. The van der Waals surface area contributed by atoms with E-state index in [1.54, 1.807) is 0 Å². The molecule has 1 amide bonds. The molecule has 1 aromatic carbocycles. The van der Waals surface area contributed by atoms with Crippen molar-refractivity contribution in [2.45, 2.75) is 122 Å². The summed E-state index contributed by atoms with van der Waals surface area (Å²) >= 11 is 0. The molecule has 2 fully saturated rings. The number of nitrogens with two attached hydrogens (primary N) is 1. The molecule has 0 saturated heterocycles. The van der Waals surface area contributed by atoms with Gasteiger partial charge in [0, 0.05) is 49.4 Å². The Morgan fingerprint density at radius 2 is 2.04 bits per heavy atom. The maximum absolute atomic E-state index is 14.2. The van der Waals surface area contributed by atoms with Crippen LogP contribution in [-0.2, 0) is 27.2 Å². The number of ether oxygens (including phenoxy) is 1. The summed E-state index contributed by atoms with van der Waals surface area (Å²) in [7, 11) is 1.94. The zero-order valence-corrected chi connectivity index (χ0v) is 34.8. The lowest BCUT2D eigenvalue weighted by molar-refractivity contribution is -0.167. The third kappa shape index (κ3) is 10.1. The third-order valence-corrected chi connectivity index (χ3v) is 13.1. The predicted octanol–water partition coefficient (Wildman–Crippen LogP) is 4.80. The first-order chi connectivity index (χ1) is 27.2. The Morgan fingerprint density at radius 3 is 2.79 bits per heavy atom. The van der Waals surface area contributed by atoms with Crippen LogP contribution >= 0.6 is 0 Å². The maximum Gasteiger partial charge on any atom is 0.225 e. The van der Waals surface area contributed by atoms with Crippen LogP contribution in [0.4, 0.5) is 0 Å². The van der Waals surface area contributed by atoms with Crippen molar-refractivity contribution in [3.8, 4) is 11.8 Å². The van der Waals surface area contributed by atoms with Gasteiger partial charge in [-0.1, -0.05) is 72.1 Å². The molecular formula is C47H66N4O6. The minimum Gasteiger partial charge on any atom is -0.396 e. The summed E-state index contributed by atoms with van der Waals surface area (Å²) < 4.78 is 6.14. The van der Waals surface area contributed by atoms with E-state index in [0.29, 0.717) is 50.5 Å². The number of ketones is 1. The van der Waals surface area contributed by atoms with Gasteiger partial charge in [-0.2, -0.15) is 0 Å². The Bertz CT molecular complexity index is 1830. The topological polar surface area (TPSA) is 166 Å². The molecule has 10 nitrogen and oxygen atoms in total. The number of carbonyl (C=O) groups excluding carboxylic acids is 2. The van der Waals surface area contributed by atoms with Crippen molar-refractivity contribution in [2.75, 3.05) is 33.4 Å². The molecule has 2 aliphatic carbocycles. The molecule has 57 heavy (non-hydrogen) atoms. The number of likely N-dealkylation sites (N-methyl/N-ethyl adjacent to an activating group) is 1. The Morgan fingerprint density at radius 1 is 1.25 bits per heavy atom. The quantitative estimate of drug-likeness (QED) is 0.0949. The SMILES string of the molecule is C=C1C=CC=C(C2CCC3(C(CCCO)C(=C(C)C(=O)Cc4cccc5c4CC(=O)NC5N)CCC3(C)O)C2O)COCC#CCC(C)=CCC1NC(C)CNC. The highest BCUT2D eigenvalue weighted by atomic mass is 16.5. The molecule has 8 N–H and O–H groups in total. The number of fused-ring (bicyclic) bond motifs is 1. The van der Waals surface area contributed by atoms with Gasteiger partial charge in [-0.05, 0) is 119 Å². The van der Waals surface area contributed by atoms with Crippen LogP contribution in [0.5, 0.6) is 0 Å². The van der Waals surface area contributed by atoms with Crippen LogP contribution in [0, 0.1) is 29.1 Å². The molecule has 0 radical (unpaired) electrons. The second kappa shape index (κ2) is 19.9. The number of nitrogens with one attached hydrogen (secondary N) is 3. The molecule has 2 aliphatic heterocycles. The number of Topliss-reactive ketones (excluding diaryl/α,β-unsaturated/α-hetero) is 1. The first-order valence-electron chi connectivity index (χ1n) is 20.8. The summed E-state index contributed by atoms with van der Waals surface area (Å²) in [5.74, 6) is 5.51. The molecule has 0 bridgehead atoms. The van der Waals surface area contributed by atoms with Crippen LogP contribution < -0.4 is 21.7 Å². The lowest BCUT2D eigenvalue weighted by Gasteiger charge is -2.55. The van der Waals surface area contributed by atoms with Crippen molar-refractivity contribution in [3.05, 3.63) is 93.6 Å². The summed E-state index contributed by atoms with van der Waals surface area (Å²) in [6.45, 7) is 13.7. The molecule has 1 aromatic rings. The van der Waals surface area contributed by atoms with E-state index < -0.39 is 23.3 Å². The number of benzene rings is 1. The van der Waals surface area contributed by atoms with Crippen molar-refractivity contribution >= 4 is 11.7 Å². The van der Waals surface area contributed by atoms with Crippen LogP contribution in [0.1, 0.15) is 102 Å². The molecule has 4 aliphatic rings. The van der Waals surface area contributed by atoms with Gasteiger partial charge in [0.05, 0.1) is 24.7 Å². The largest absolute Gasteiger partial charge is 0.396 e. The van der Waals surface area contributed by atoms with Crippen LogP contribution in [0.2, 0.25) is 0 Å². The highest BCUT2D eigenvalue weighted by Crippen LogP contribution is 2.63. The number of aliphatic hydroxyl groups excluding tert-OH is 2. The first-order valence-corrected chi connectivity index (χ1v) is 20.8. The van der Waals surface area contributed by atoms with E-state index in [9.17, 15) is 24.9 Å². The van der Waals surface area contributed by atoms with E-state index in [1.165, 1.54) is 5.57 Å². The number of rotatable bonds is 11. The van der Waals surface area contributed by atoms with Crippen LogP contribution in [-0.4, -0.2) is 84.2 Å². The molecule has 2 heterocycles. The molecule has 8 unspecified atom stereocenters. The second-order valence-corrected chi connectivity index (χ2v) is 16.9. The van der Waals surface area contributed by atoms with Gasteiger partial charge < -0.3 is 41.7 Å². The van der Waals surface area contributed by atoms with Crippen LogP contribution in [0.25, 0.3) is 0 Å². The van der Waals surface area contributed by atoms with E-state index in [0.717, 1.165) is 46.4 Å². The third-order valence-electron chi connectivity index (χ3n) is 13.1. The number of hydrogen-bond donors (Lipinski definition) is 7. The van der Waals surface area contributed by atoms with E-state index >= 15 is 0 Å². The number of hydrogen-bond acceptors (Lipinski definition) is 9. The molecule has 10 heteroatoms. The number of allylic oxidation sites excluding steroid dienone is 5. The monoisotopic (exact) mass is 782 g/mol. The summed E-state index contributed by atoms with van der Waals surface area (Å²) in [5.41, 5.74) is 11.0. The fourth-order valence-electron chi connectivity index (χ4n) is 9.93. The van der Waals surface area contributed by atoms with Crippen molar-refractivity contribution in [3.63, 3.8) is 0 Å². The van der Waals surface area contributed by atoms with Gasteiger partial charge in [0.2, 0.25) is 5.91 Å². The lowest BCUT2D eigenvalue weighted by Crippen LogP contribution is -2.59. The average Bonchev–Trinajstić information content (AvgIpc) is 3.51. The summed E-state index contributed by atoms with van der Waals surface area (Å²) in [6.07, 6.45) is 11.5. The van der Waals surface area contributed by atoms with E-state index in [-0.39, 0.29) is 68.3 Å². The van der Waals surface area contributed by atoms with Crippen LogP contribution in [0.15, 0.2) is 76.9 Å². The number of amides is 1. The summed E-state index contributed by atoms with van der Waals surface area (Å²) in [5, 5.41) is 44.9. The second-order valence-electron chi connectivity index (χ2n) is 16.9. The van der Waals surface area contributed by atoms with Gasteiger partial charge in [0.1, 0.15) is 12.8 Å². The molecule has 0 aromatic heterocycles. The number of aliphatic hydroxyl groups is 3. The van der Waals surface area contributed by atoms with Crippen molar-refractivity contribution in [1.82, 2.24) is 16.0 Å². The van der Waals surface area contributed by atoms with Gasteiger partial charge >= 0.3 is 0 Å². The van der Waals surface area contributed by atoms with E-state index in [2.05, 4.69) is 54.3 Å². The molecule has 310 valence electrons. The number of carbonyl (C=O) groups is 2. The lowest BCUT2D eigenvalue weighted by atomic mass is 9.52. The standard InChI is InChI=1S/C47H66N4O6/c1-30-12-7-8-25-57-29-35(15-9-13-31(2)41(19-18-30)50-32(3)28-49-6)37-21-23-47(44(37)55)40(17-11-24-52)36(20-22-46(47,5)56)33(4)42(53)26-34-14-10-16-38-39(34)27-43(54)51-45(38)48/h9-10,13-16,18,32,37,40-41,44-45,49-50,52,55-56H,2,11-12,17,19-29,48H2,1,3-6H3,(H,51,54). The zero-order chi connectivity index (χ0) is 41.3. The summed E-state index contributed by atoms with van der Waals surface area (Å²) in [4.78, 5) is 26.6. The van der Waals surface area contributed by atoms with Crippen molar-refractivity contribution < 1.29 is 29.6 Å². The highest BCUT2D eigenvalue weighted by molar-refractivity contribution is 5.97. The fraction of sp³-hybridized carbons (Fsp3) is 0.574. The molecule has 5 rings (SSSR count). The Balaban J connectivity index is 1.47. The van der Waals surface area contributed by atoms with Crippen LogP contribution in [0.3, 0.4) is 0 Å². The molecular weight excluding hydrogens is 717 g/mol. The van der Waals surface area contributed by atoms with Crippen molar-refractivity contribution in [1.29, 1.82) is 0 Å². The highest BCUT2D eigenvalue weighted by Gasteiger charge is 2.64.